The number of hydrogen-bond donors (Lipinski definition) is 1. The van der Waals surface area contributed by atoms with Crippen LogP contribution in [0.15, 0.2) is 40.7 Å². The molecule has 0 radical (unpaired) electrons. The molecule has 0 amide bonds. The van der Waals surface area contributed by atoms with Gasteiger partial charge in [0.05, 0.1) is 17.7 Å². The van der Waals surface area contributed by atoms with Crippen molar-refractivity contribution in [2.45, 2.75) is 31.2 Å². The molecule has 0 saturated heterocycles. The second kappa shape index (κ2) is 7.26. The maximum atomic E-state index is 12.9. The molecule has 27 heavy (non-hydrogen) atoms. The summed E-state index contributed by atoms with van der Waals surface area (Å²) in [5.74, 6) is -0.144. The Labute approximate surface area is 157 Å². The van der Waals surface area contributed by atoms with Gasteiger partial charge in [-0.3, -0.25) is 0 Å². The summed E-state index contributed by atoms with van der Waals surface area (Å²) in [6.45, 7) is 3.56. The van der Waals surface area contributed by atoms with Crippen molar-refractivity contribution >= 4 is 23.7 Å². The van der Waals surface area contributed by atoms with E-state index >= 15 is 0 Å². The van der Waals surface area contributed by atoms with Gasteiger partial charge in [0.15, 0.2) is 0 Å². The van der Waals surface area contributed by atoms with Gasteiger partial charge in [0.25, 0.3) is 0 Å². The number of nitrogens with one attached hydrogen (secondary N) is 1. The number of halogens is 3. The van der Waals surface area contributed by atoms with Crippen molar-refractivity contribution in [3.63, 3.8) is 0 Å². The van der Waals surface area contributed by atoms with Crippen LogP contribution < -0.4 is 5.32 Å². The van der Waals surface area contributed by atoms with Gasteiger partial charge in [-0.05, 0) is 37.8 Å². The lowest BCUT2D eigenvalue weighted by Gasteiger charge is -2.28. The van der Waals surface area contributed by atoms with Crippen LogP contribution in [-0.2, 0) is 15.7 Å². The van der Waals surface area contributed by atoms with Crippen LogP contribution in [0.1, 0.15) is 31.0 Å². The third-order valence-electron chi connectivity index (χ3n) is 4.06. The van der Waals surface area contributed by atoms with E-state index in [1.807, 2.05) is 0 Å². The summed E-state index contributed by atoms with van der Waals surface area (Å²) in [6.07, 6.45) is -2.63. The second-order valence-electron chi connectivity index (χ2n) is 5.77. The van der Waals surface area contributed by atoms with Crippen LogP contribution in [0.25, 0.3) is 0 Å². The van der Waals surface area contributed by atoms with Gasteiger partial charge in [-0.1, -0.05) is 23.9 Å². The van der Waals surface area contributed by atoms with E-state index in [9.17, 15) is 18.0 Å². The van der Waals surface area contributed by atoms with E-state index in [4.69, 9.17) is 4.74 Å². The Morgan fingerprint density at radius 1 is 1.33 bits per heavy atom. The molecule has 144 valence electrons. The maximum absolute atomic E-state index is 12.9. The lowest BCUT2D eigenvalue weighted by Crippen LogP contribution is -2.29. The molecule has 2 aromatic rings. The summed E-state index contributed by atoms with van der Waals surface area (Å²) in [6, 6.07) is 3.92. The van der Waals surface area contributed by atoms with Crippen LogP contribution in [0.4, 0.5) is 19.1 Å². The zero-order valence-electron chi connectivity index (χ0n) is 14.8. The summed E-state index contributed by atoms with van der Waals surface area (Å²) in [7, 11) is 0. The fourth-order valence-corrected chi connectivity index (χ4v) is 3.20. The number of alkyl halides is 3. The number of ether oxygens (including phenoxy) is 1. The first kappa shape index (κ1) is 19.3. The number of rotatable bonds is 4. The lowest BCUT2D eigenvalue weighted by molar-refractivity contribution is -0.139. The minimum Gasteiger partial charge on any atom is -0.463 e. The number of benzene rings is 1. The smallest absolute Gasteiger partial charge is 0.416 e. The summed E-state index contributed by atoms with van der Waals surface area (Å²) in [5.41, 5.74) is 0.514. The van der Waals surface area contributed by atoms with Crippen LogP contribution in [0.2, 0.25) is 0 Å². The van der Waals surface area contributed by atoms with Crippen LogP contribution >= 0.6 is 11.8 Å². The molecule has 1 aliphatic rings. The third-order valence-corrected chi connectivity index (χ3v) is 4.60. The molecule has 1 aromatic heterocycles. The first-order valence-corrected chi connectivity index (χ1v) is 9.31. The molecule has 0 bridgehead atoms. The highest BCUT2D eigenvalue weighted by atomic mass is 32.2. The molecule has 0 spiro atoms. The van der Waals surface area contributed by atoms with Gasteiger partial charge >= 0.3 is 12.1 Å². The number of carbonyl (C=O) groups is 1. The Morgan fingerprint density at radius 3 is 2.56 bits per heavy atom. The van der Waals surface area contributed by atoms with Crippen molar-refractivity contribution in [2.75, 3.05) is 18.2 Å². The van der Waals surface area contributed by atoms with Gasteiger partial charge in [0.2, 0.25) is 11.1 Å². The SMILES string of the molecule is CCOC(=O)C1=C(C)Nc2nc(SC)nn2[C@@H]1c1ccc(C(F)(F)F)cc1. The zero-order valence-corrected chi connectivity index (χ0v) is 15.6. The van der Waals surface area contributed by atoms with E-state index in [0.29, 0.717) is 22.4 Å². The molecular weight excluding hydrogens is 381 g/mol. The van der Waals surface area contributed by atoms with E-state index in [1.165, 1.54) is 28.6 Å². The molecule has 0 aliphatic carbocycles. The first-order chi connectivity index (χ1) is 12.8. The molecule has 3 rings (SSSR count). The molecule has 1 aromatic carbocycles. The summed E-state index contributed by atoms with van der Waals surface area (Å²) in [5, 5.41) is 7.86. The van der Waals surface area contributed by atoms with E-state index in [0.717, 1.165) is 12.1 Å². The van der Waals surface area contributed by atoms with Gasteiger partial charge in [-0.25, -0.2) is 9.48 Å². The molecular formula is C17H17F3N4O2S. The highest BCUT2D eigenvalue weighted by Crippen LogP contribution is 2.37. The minimum absolute atomic E-state index is 0.176. The van der Waals surface area contributed by atoms with Crippen molar-refractivity contribution in [3.05, 3.63) is 46.7 Å². The van der Waals surface area contributed by atoms with E-state index < -0.39 is 23.8 Å². The number of nitrogens with zero attached hydrogens (tertiary/aromatic N) is 3. The number of hydrogen-bond acceptors (Lipinski definition) is 6. The molecule has 1 N–H and O–H groups in total. The molecule has 10 heteroatoms. The summed E-state index contributed by atoms with van der Waals surface area (Å²) < 4.78 is 45.3. The molecule has 2 heterocycles. The molecule has 1 aliphatic heterocycles. The van der Waals surface area contributed by atoms with E-state index in [-0.39, 0.29) is 12.2 Å². The number of anilines is 1. The van der Waals surface area contributed by atoms with Gasteiger partial charge in [-0.15, -0.1) is 5.10 Å². The number of thioether (sulfide) groups is 1. The number of fused-ring (bicyclic) bond motifs is 1. The van der Waals surface area contributed by atoms with Crippen molar-refractivity contribution in [1.29, 1.82) is 0 Å². The highest BCUT2D eigenvalue weighted by Gasteiger charge is 2.36. The number of esters is 1. The first-order valence-electron chi connectivity index (χ1n) is 8.08. The zero-order chi connectivity index (χ0) is 19.8. The molecule has 0 unspecified atom stereocenters. The Bertz CT molecular complexity index is 891. The van der Waals surface area contributed by atoms with Crippen molar-refractivity contribution in [2.24, 2.45) is 0 Å². The standard InChI is InChI=1S/C17H17F3N4O2S/c1-4-26-14(25)12-9(2)21-15-22-16(27-3)23-24(15)13(12)10-5-7-11(8-6-10)17(18,19)20/h5-8,13H,4H2,1-3H3,(H,21,22,23)/t13-/m1/s1. The summed E-state index contributed by atoms with van der Waals surface area (Å²) >= 11 is 1.32. The fourth-order valence-electron chi connectivity index (χ4n) is 2.85. The lowest BCUT2D eigenvalue weighted by atomic mass is 9.95. The van der Waals surface area contributed by atoms with Crippen LogP contribution in [0.5, 0.6) is 0 Å². The minimum atomic E-state index is -4.44. The van der Waals surface area contributed by atoms with Crippen LogP contribution in [-0.4, -0.2) is 33.6 Å². The number of allylic oxidation sites excluding steroid dienone is 1. The topological polar surface area (TPSA) is 69.0 Å². The fraction of sp³-hybridized carbons (Fsp3) is 0.353. The third kappa shape index (κ3) is 3.66. The maximum Gasteiger partial charge on any atom is 0.416 e. The normalized spacial score (nSPS) is 16.7. The Hall–Kier alpha value is -2.49. The van der Waals surface area contributed by atoms with Crippen molar-refractivity contribution in [1.82, 2.24) is 14.8 Å². The predicted octanol–water partition coefficient (Wildman–Crippen LogP) is 3.87. The Kier molecular flexibility index (Phi) is 5.18. The number of carbonyl (C=O) groups excluding carboxylic acids is 1. The Balaban J connectivity index is 2.12. The number of aromatic nitrogens is 3. The van der Waals surface area contributed by atoms with E-state index in [2.05, 4.69) is 15.4 Å². The Morgan fingerprint density at radius 2 is 2.00 bits per heavy atom. The molecule has 0 saturated carbocycles. The monoisotopic (exact) mass is 398 g/mol. The van der Waals surface area contributed by atoms with Gasteiger partial charge in [0.1, 0.15) is 6.04 Å². The van der Waals surface area contributed by atoms with Crippen LogP contribution in [0.3, 0.4) is 0 Å². The highest BCUT2D eigenvalue weighted by molar-refractivity contribution is 7.98. The van der Waals surface area contributed by atoms with Crippen molar-refractivity contribution < 1.29 is 22.7 Å². The van der Waals surface area contributed by atoms with Gasteiger partial charge in [-0.2, -0.15) is 18.2 Å². The summed E-state index contributed by atoms with van der Waals surface area (Å²) in [4.78, 5) is 16.9. The van der Waals surface area contributed by atoms with Gasteiger partial charge in [0, 0.05) is 5.70 Å². The van der Waals surface area contributed by atoms with E-state index in [1.54, 1.807) is 20.1 Å². The quantitative estimate of drug-likeness (QED) is 0.623. The molecule has 1 atom stereocenters. The second-order valence-corrected chi connectivity index (χ2v) is 6.55. The van der Waals surface area contributed by atoms with Crippen LogP contribution in [0, 0.1) is 0 Å². The predicted molar refractivity (Wildman–Crippen MR) is 94.3 cm³/mol. The molecule has 6 nitrogen and oxygen atoms in total. The molecule has 0 fully saturated rings. The largest absolute Gasteiger partial charge is 0.463 e. The average molecular weight is 398 g/mol. The van der Waals surface area contributed by atoms with Crippen molar-refractivity contribution in [3.8, 4) is 0 Å². The van der Waals surface area contributed by atoms with Gasteiger partial charge < -0.3 is 10.1 Å². The average Bonchev–Trinajstić information content (AvgIpc) is 3.02.